The van der Waals surface area contributed by atoms with Crippen LogP contribution in [0.2, 0.25) is 0 Å². The van der Waals surface area contributed by atoms with Gasteiger partial charge in [0.1, 0.15) is 6.04 Å². The molecular formula is C10H19NO3S. The molecule has 1 amide bonds. The molecular weight excluding hydrogens is 214 g/mol. The smallest absolute Gasteiger partial charge is 0.326 e. The number of carbonyl (C=O) groups excluding carboxylic acids is 1. The highest BCUT2D eigenvalue weighted by Gasteiger charge is 2.16. The second-order valence-electron chi connectivity index (χ2n) is 3.27. The SMILES string of the molecule is CCCCSCC(=O)N[C@H](CC)C(=O)O. The lowest BCUT2D eigenvalue weighted by atomic mass is 10.2. The van der Waals surface area contributed by atoms with Crippen LogP contribution >= 0.6 is 11.8 Å². The van der Waals surface area contributed by atoms with Crippen molar-refractivity contribution in [3.8, 4) is 0 Å². The molecule has 0 aromatic carbocycles. The molecule has 0 heterocycles. The molecule has 4 nitrogen and oxygen atoms in total. The molecule has 0 rings (SSSR count). The van der Waals surface area contributed by atoms with Crippen LogP contribution in [0.25, 0.3) is 0 Å². The molecule has 1 atom stereocenters. The quantitative estimate of drug-likeness (QED) is 0.623. The first-order valence-corrected chi connectivity index (χ1v) is 6.37. The van der Waals surface area contributed by atoms with E-state index in [2.05, 4.69) is 12.2 Å². The van der Waals surface area contributed by atoms with Crippen LogP contribution in [0.4, 0.5) is 0 Å². The molecule has 88 valence electrons. The molecule has 0 radical (unpaired) electrons. The van der Waals surface area contributed by atoms with Gasteiger partial charge >= 0.3 is 5.97 Å². The fourth-order valence-corrected chi connectivity index (χ4v) is 1.89. The zero-order valence-electron chi connectivity index (χ0n) is 9.28. The number of carboxylic acid groups (broad SMARTS) is 1. The Bertz CT molecular complexity index is 209. The molecule has 0 saturated heterocycles. The molecule has 0 saturated carbocycles. The van der Waals surface area contributed by atoms with E-state index in [1.165, 1.54) is 0 Å². The summed E-state index contributed by atoms with van der Waals surface area (Å²) in [5, 5.41) is 11.2. The number of nitrogens with one attached hydrogen (secondary N) is 1. The summed E-state index contributed by atoms with van der Waals surface area (Å²) in [6.07, 6.45) is 2.62. The van der Waals surface area contributed by atoms with Crippen LogP contribution in [-0.4, -0.2) is 34.5 Å². The summed E-state index contributed by atoms with van der Waals surface area (Å²) in [6, 6.07) is -0.746. The average Bonchev–Trinajstić information content (AvgIpc) is 2.20. The minimum absolute atomic E-state index is 0.189. The Morgan fingerprint density at radius 3 is 2.53 bits per heavy atom. The third kappa shape index (κ3) is 7.25. The zero-order chi connectivity index (χ0) is 11.7. The van der Waals surface area contributed by atoms with Gasteiger partial charge in [0.2, 0.25) is 5.91 Å². The molecule has 0 bridgehead atoms. The third-order valence-corrected chi connectivity index (χ3v) is 2.96. The van der Waals surface area contributed by atoms with Crippen LogP contribution in [-0.2, 0) is 9.59 Å². The molecule has 2 N–H and O–H groups in total. The van der Waals surface area contributed by atoms with Crippen LogP contribution in [0.1, 0.15) is 33.1 Å². The molecule has 0 aliphatic carbocycles. The number of unbranched alkanes of at least 4 members (excludes halogenated alkanes) is 1. The molecule has 0 aromatic rings. The van der Waals surface area contributed by atoms with Crippen LogP contribution in [0, 0.1) is 0 Å². The van der Waals surface area contributed by atoms with Crippen molar-refractivity contribution >= 4 is 23.6 Å². The molecule has 0 aliphatic heterocycles. The van der Waals surface area contributed by atoms with Gasteiger partial charge in [0.25, 0.3) is 0 Å². The number of aliphatic carboxylic acids is 1. The highest BCUT2D eigenvalue weighted by atomic mass is 32.2. The Balaban J connectivity index is 3.67. The number of hydrogen-bond acceptors (Lipinski definition) is 3. The van der Waals surface area contributed by atoms with Gasteiger partial charge in [0, 0.05) is 0 Å². The Hall–Kier alpha value is -0.710. The second kappa shape index (κ2) is 8.59. The molecule has 0 aromatic heterocycles. The standard InChI is InChI=1S/C10H19NO3S/c1-3-5-6-15-7-9(12)11-8(4-2)10(13)14/h8H,3-7H2,1-2H3,(H,11,12)(H,13,14)/t8-/m1/s1. The number of thioether (sulfide) groups is 1. The van der Waals surface area contributed by atoms with Crippen molar-refractivity contribution < 1.29 is 14.7 Å². The van der Waals surface area contributed by atoms with E-state index in [-0.39, 0.29) is 5.91 Å². The predicted octanol–water partition coefficient (Wildman–Crippen LogP) is 1.50. The van der Waals surface area contributed by atoms with E-state index < -0.39 is 12.0 Å². The summed E-state index contributed by atoms with van der Waals surface area (Å²) in [5.74, 6) is 0.146. The van der Waals surface area contributed by atoms with Crippen molar-refractivity contribution in [2.45, 2.75) is 39.2 Å². The van der Waals surface area contributed by atoms with E-state index in [0.29, 0.717) is 12.2 Å². The molecule has 5 heteroatoms. The molecule has 15 heavy (non-hydrogen) atoms. The van der Waals surface area contributed by atoms with Gasteiger partial charge in [0.05, 0.1) is 5.75 Å². The topological polar surface area (TPSA) is 66.4 Å². The minimum atomic E-state index is -0.968. The summed E-state index contributed by atoms with van der Waals surface area (Å²) in [7, 11) is 0. The first-order valence-electron chi connectivity index (χ1n) is 5.21. The predicted molar refractivity (Wildman–Crippen MR) is 62.1 cm³/mol. The molecule has 0 fully saturated rings. The maximum absolute atomic E-state index is 11.3. The summed E-state index contributed by atoms with van der Waals surface area (Å²) < 4.78 is 0. The number of carbonyl (C=O) groups is 2. The van der Waals surface area contributed by atoms with Crippen molar-refractivity contribution in [3.63, 3.8) is 0 Å². The highest BCUT2D eigenvalue weighted by Crippen LogP contribution is 2.04. The second-order valence-corrected chi connectivity index (χ2v) is 4.38. The normalized spacial score (nSPS) is 12.1. The van der Waals surface area contributed by atoms with Gasteiger partial charge in [-0.3, -0.25) is 4.79 Å². The minimum Gasteiger partial charge on any atom is -0.480 e. The maximum atomic E-state index is 11.3. The first kappa shape index (κ1) is 14.3. The Morgan fingerprint density at radius 1 is 1.40 bits per heavy atom. The Kier molecular flexibility index (Phi) is 8.18. The van der Waals surface area contributed by atoms with Crippen molar-refractivity contribution in [3.05, 3.63) is 0 Å². The van der Waals surface area contributed by atoms with Gasteiger partial charge < -0.3 is 10.4 Å². The van der Waals surface area contributed by atoms with Crippen LogP contribution in [0.5, 0.6) is 0 Å². The number of amides is 1. The van der Waals surface area contributed by atoms with Crippen molar-refractivity contribution in [1.29, 1.82) is 0 Å². The Morgan fingerprint density at radius 2 is 2.07 bits per heavy atom. The average molecular weight is 233 g/mol. The number of hydrogen-bond donors (Lipinski definition) is 2. The lowest BCUT2D eigenvalue weighted by Crippen LogP contribution is -2.41. The summed E-state index contributed by atoms with van der Waals surface area (Å²) >= 11 is 1.55. The summed E-state index contributed by atoms with van der Waals surface area (Å²) in [6.45, 7) is 3.83. The molecule has 0 spiro atoms. The summed E-state index contributed by atoms with van der Waals surface area (Å²) in [4.78, 5) is 21.9. The third-order valence-electron chi connectivity index (χ3n) is 1.92. The van der Waals surface area contributed by atoms with Gasteiger partial charge in [-0.15, -0.1) is 0 Å². The van der Waals surface area contributed by atoms with Crippen LogP contribution < -0.4 is 5.32 Å². The summed E-state index contributed by atoms with van der Waals surface area (Å²) in [5.41, 5.74) is 0. The fourth-order valence-electron chi connectivity index (χ4n) is 0.986. The van der Waals surface area contributed by atoms with E-state index in [1.54, 1.807) is 18.7 Å². The van der Waals surface area contributed by atoms with E-state index in [0.717, 1.165) is 18.6 Å². The van der Waals surface area contributed by atoms with Crippen molar-refractivity contribution in [2.24, 2.45) is 0 Å². The van der Waals surface area contributed by atoms with E-state index in [4.69, 9.17) is 5.11 Å². The first-order chi connectivity index (χ1) is 7.11. The van der Waals surface area contributed by atoms with E-state index in [1.807, 2.05) is 0 Å². The molecule has 0 aliphatic rings. The van der Waals surface area contributed by atoms with Gasteiger partial charge in [-0.2, -0.15) is 11.8 Å². The van der Waals surface area contributed by atoms with Crippen molar-refractivity contribution in [2.75, 3.05) is 11.5 Å². The Labute approximate surface area is 94.8 Å². The molecule has 0 unspecified atom stereocenters. The van der Waals surface area contributed by atoms with E-state index >= 15 is 0 Å². The fraction of sp³-hybridized carbons (Fsp3) is 0.800. The maximum Gasteiger partial charge on any atom is 0.326 e. The highest BCUT2D eigenvalue weighted by molar-refractivity contribution is 7.99. The van der Waals surface area contributed by atoms with Crippen LogP contribution in [0.15, 0.2) is 0 Å². The van der Waals surface area contributed by atoms with Gasteiger partial charge in [0.15, 0.2) is 0 Å². The number of carboxylic acids is 1. The lowest BCUT2D eigenvalue weighted by molar-refractivity contribution is -0.141. The largest absolute Gasteiger partial charge is 0.480 e. The lowest BCUT2D eigenvalue weighted by Gasteiger charge is -2.11. The van der Waals surface area contributed by atoms with Gasteiger partial charge in [-0.25, -0.2) is 4.79 Å². The monoisotopic (exact) mass is 233 g/mol. The zero-order valence-corrected chi connectivity index (χ0v) is 10.1. The number of rotatable bonds is 8. The van der Waals surface area contributed by atoms with Crippen molar-refractivity contribution in [1.82, 2.24) is 5.32 Å². The van der Waals surface area contributed by atoms with E-state index in [9.17, 15) is 9.59 Å². The van der Waals surface area contributed by atoms with Gasteiger partial charge in [-0.05, 0) is 18.6 Å². The van der Waals surface area contributed by atoms with Gasteiger partial charge in [-0.1, -0.05) is 20.3 Å². The van der Waals surface area contributed by atoms with Crippen LogP contribution in [0.3, 0.4) is 0 Å².